The van der Waals surface area contributed by atoms with E-state index in [0.717, 1.165) is 25.9 Å². The highest BCUT2D eigenvalue weighted by molar-refractivity contribution is 5.72. The van der Waals surface area contributed by atoms with E-state index >= 15 is 0 Å². The van der Waals surface area contributed by atoms with Gasteiger partial charge in [0.05, 0.1) is 18.1 Å². The van der Waals surface area contributed by atoms with Crippen LogP contribution in [0.3, 0.4) is 0 Å². The summed E-state index contributed by atoms with van der Waals surface area (Å²) in [6, 6.07) is 2.27. The van der Waals surface area contributed by atoms with Crippen molar-refractivity contribution in [2.75, 3.05) is 26.2 Å². The Morgan fingerprint density at radius 1 is 1.65 bits per heavy atom. The third-order valence-electron chi connectivity index (χ3n) is 3.00. The summed E-state index contributed by atoms with van der Waals surface area (Å²) in [7, 11) is 0. The topological polar surface area (TPSA) is 73.6 Å². The molecule has 0 spiro atoms. The lowest BCUT2D eigenvalue weighted by Crippen LogP contribution is -2.46. The van der Waals surface area contributed by atoms with Gasteiger partial charge in [-0.3, -0.25) is 4.90 Å². The molecule has 5 nitrogen and oxygen atoms in total. The van der Waals surface area contributed by atoms with Crippen LogP contribution in [0.25, 0.3) is 0 Å². The average molecular weight is 240 g/mol. The minimum atomic E-state index is -0.896. The monoisotopic (exact) mass is 240 g/mol. The summed E-state index contributed by atoms with van der Waals surface area (Å²) in [6.45, 7) is 6.37. The van der Waals surface area contributed by atoms with Crippen molar-refractivity contribution in [2.24, 2.45) is 5.41 Å². The van der Waals surface area contributed by atoms with Gasteiger partial charge in [-0.2, -0.15) is 5.26 Å². The Morgan fingerprint density at radius 3 is 2.94 bits per heavy atom. The van der Waals surface area contributed by atoms with Gasteiger partial charge in [-0.05, 0) is 33.2 Å². The van der Waals surface area contributed by atoms with Crippen molar-refractivity contribution in [1.82, 2.24) is 4.90 Å². The highest BCUT2D eigenvalue weighted by Gasteiger charge is 2.26. The van der Waals surface area contributed by atoms with Gasteiger partial charge in [-0.15, -0.1) is 0 Å². The molecule has 0 aromatic heterocycles. The molecule has 1 saturated heterocycles. The summed E-state index contributed by atoms with van der Waals surface area (Å²) >= 11 is 0. The third-order valence-corrected chi connectivity index (χ3v) is 3.00. The van der Waals surface area contributed by atoms with Crippen LogP contribution < -0.4 is 0 Å². The molecule has 0 aromatic rings. The molecule has 17 heavy (non-hydrogen) atoms. The zero-order chi connectivity index (χ0) is 12.9. The van der Waals surface area contributed by atoms with Crippen LogP contribution in [0.1, 0.15) is 26.7 Å². The van der Waals surface area contributed by atoms with Crippen molar-refractivity contribution in [3.05, 3.63) is 0 Å². The molecule has 1 aliphatic heterocycles. The molecule has 0 amide bonds. The lowest BCUT2D eigenvalue weighted by Gasteiger charge is -2.31. The Morgan fingerprint density at radius 2 is 2.35 bits per heavy atom. The molecular weight excluding hydrogens is 220 g/mol. The summed E-state index contributed by atoms with van der Waals surface area (Å²) in [5.41, 5.74) is -0.293. The lowest BCUT2D eigenvalue weighted by atomic mass is 9.90. The minimum absolute atomic E-state index is 0.293. The molecule has 0 saturated carbocycles. The zero-order valence-electron chi connectivity index (χ0n) is 10.5. The summed E-state index contributed by atoms with van der Waals surface area (Å²) in [5, 5.41) is 17.7. The van der Waals surface area contributed by atoms with Gasteiger partial charge < -0.3 is 9.84 Å². The number of hydrogen-bond donors (Lipinski definition) is 1. The van der Waals surface area contributed by atoms with E-state index in [4.69, 9.17) is 15.1 Å². The molecule has 1 fully saturated rings. The quantitative estimate of drug-likeness (QED) is 0.779. The molecule has 1 rings (SSSR count). The van der Waals surface area contributed by atoms with Gasteiger partial charge in [-0.25, -0.2) is 4.79 Å². The van der Waals surface area contributed by atoms with E-state index in [-0.39, 0.29) is 5.41 Å². The molecule has 1 N–H and O–H groups in total. The van der Waals surface area contributed by atoms with Crippen LogP contribution >= 0.6 is 0 Å². The predicted octanol–water partition coefficient (Wildman–Crippen LogP) is 1.10. The van der Waals surface area contributed by atoms with E-state index in [2.05, 4.69) is 11.0 Å². The maximum Gasteiger partial charge on any atom is 0.334 e. The number of morpholine rings is 1. The molecule has 0 aromatic carbocycles. The van der Waals surface area contributed by atoms with E-state index in [1.165, 1.54) is 0 Å². The summed E-state index contributed by atoms with van der Waals surface area (Å²) in [4.78, 5) is 12.9. The third kappa shape index (κ3) is 4.72. The van der Waals surface area contributed by atoms with Crippen LogP contribution in [0.4, 0.5) is 0 Å². The molecule has 1 heterocycles. The Kier molecular flexibility index (Phi) is 4.91. The number of nitrogens with zero attached hydrogens (tertiary/aromatic N) is 2. The maximum atomic E-state index is 10.8. The van der Waals surface area contributed by atoms with Crippen molar-refractivity contribution in [2.45, 2.75) is 32.8 Å². The minimum Gasteiger partial charge on any atom is -0.479 e. The highest BCUT2D eigenvalue weighted by Crippen LogP contribution is 2.21. The van der Waals surface area contributed by atoms with Crippen LogP contribution in [0.5, 0.6) is 0 Å². The largest absolute Gasteiger partial charge is 0.479 e. The summed E-state index contributed by atoms with van der Waals surface area (Å²) in [5.74, 6) is -0.896. The summed E-state index contributed by atoms with van der Waals surface area (Å²) < 4.78 is 5.14. The van der Waals surface area contributed by atoms with Crippen molar-refractivity contribution in [3.63, 3.8) is 0 Å². The van der Waals surface area contributed by atoms with Gasteiger partial charge in [0.2, 0.25) is 0 Å². The molecule has 1 aliphatic rings. The fourth-order valence-corrected chi connectivity index (χ4v) is 1.86. The molecule has 96 valence electrons. The van der Waals surface area contributed by atoms with Crippen LogP contribution in [0.15, 0.2) is 0 Å². The van der Waals surface area contributed by atoms with Crippen molar-refractivity contribution in [1.29, 1.82) is 5.26 Å². The van der Waals surface area contributed by atoms with Crippen LogP contribution in [0.2, 0.25) is 0 Å². The fourth-order valence-electron chi connectivity index (χ4n) is 1.86. The van der Waals surface area contributed by atoms with E-state index < -0.39 is 12.1 Å². The first kappa shape index (κ1) is 13.9. The van der Waals surface area contributed by atoms with Gasteiger partial charge >= 0.3 is 5.97 Å². The average Bonchev–Trinajstić information content (AvgIpc) is 2.29. The first-order valence-electron chi connectivity index (χ1n) is 5.92. The highest BCUT2D eigenvalue weighted by atomic mass is 16.5. The first-order chi connectivity index (χ1) is 7.94. The first-order valence-corrected chi connectivity index (χ1v) is 5.92. The molecule has 1 atom stereocenters. The van der Waals surface area contributed by atoms with Crippen molar-refractivity contribution in [3.8, 4) is 6.07 Å². The lowest BCUT2D eigenvalue weighted by molar-refractivity contribution is -0.156. The number of aliphatic carboxylic acids is 1. The zero-order valence-corrected chi connectivity index (χ0v) is 10.5. The Balaban J connectivity index is 2.28. The number of ether oxygens (including phenoxy) is 1. The van der Waals surface area contributed by atoms with E-state index in [1.807, 2.05) is 13.8 Å². The van der Waals surface area contributed by atoms with Crippen molar-refractivity contribution >= 4 is 5.97 Å². The fraction of sp³-hybridized carbons (Fsp3) is 0.833. The molecule has 0 bridgehead atoms. The van der Waals surface area contributed by atoms with Crippen LogP contribution in [0, 0.1) is 16.7 Å². The van der Waals surface area contributed by atoms with Gasteiger partial charge in [0.15, 0.2) is 6.10 Å². The Labute approximate surface area is 102 Å². The normalized spacial score (nSPS) is 22.1. The molecule has 5 heteroatoms. The van der Waals surface area contributed by atoms with Crippen LogP contribution in [-0.4, -0.2) is 48.3 Å². The Hall–Kier alpha value is -1.12. The SMILES string of the molecule is CC(C)(C#N)CCCN1CCOC(C(=O)O)C1. The molecule has 0 radical (unpaired) electrons. The molecule has 1 unspecified atom stereocenters. The molecular formula is C12H20N2O3. The number of carboxylic acid groups (broad SMARTS) is 1. The maximum absolute atomic E-state index is 10.8. The van der Waals surface area contributed by atoms with Crippen molar-refractivity contribution < 1.29 is 14.6 Å². The predicted molar refractivity (Wildman–Crippen MR) is 62.4 cm³/mol. The number of nitriles is 1. The molecule has 0 aliphatic carbocycles. The second-order valence-electron chi connectivity index (χ2n) is 5.10. The van der Waals surface area contributed by atoms with E-state index in [0.29, 0.717) is 13.2 Å². The van der Waals surface area contributed by atoms with E-state index in [9.17, 15) is 4.79 Å². The van der Waals surface area contributed by atoms with Gasteiger partial charge in [-0.1, -0.05) is 0 Å². The second kappa shape index (κ2) is 5.99. The van der Waals surface area contributed by atoms with Gasteiger partial charge in [0.25, 0.3) is 0 Å². The standard InChI is InChI=1S/C12H20N2O3/c1-12(2,9-13)4-3-5-14-6-7-17-10(8-14)11(15)16/h10H,3-8H2,1-2H3,(H,15,16). The van der Waals surface area contributed by atoms with E-state index in [1.54, 1.807) is 0 Å². The Bertz CT molecular complexity index is 309. The van der Waals surface area contributed by atoms with Crippen LogP contribution in [-0.2, 0) is 9.53 Å². The number of carboxylic acids is 1. The van der Waals surface area contributed by atoms with Gasteiger partial charge in [0, 0.05) is 13.1 Å². The second-order valence-corrected chi connectivity index (χ2v) is 5.10. The number of carbonyl (C=O) groups is 1. The smallest absolute Gasteiger partial charge is 0.334 e. The van der Waals surface area contributed by atoms with Gasteiger partial charge in [0.1, 0.15) is 0 Å². The number of rotatable bonds is 5. The number of hydrogen-bond acceptors (Lipinski definition) is 4. The summed E-state index contributed by atoms with van der Waals surface area (Å²) in [6.07, 6.45) is 1.04.